The standard InChI is InChI=1S/C23H33N3O/c1-17-13-18(2)20-15-22(24-21(20)14-17)23(27)26-11-7-19(8-12-26)16-25-9-5-3-4-6-10-25/h13-15,19,24H,3-12,16H2,1-2H3. The highest BCUT2D eigenvalue weighted by atomic mass is 16.2. The van der Waals surface area contributed by atoms with Gasteiger partial charge in [-0.15, -0.1) is 0 Å². The molecule has 1 aromatic carbocycles. The van der Waals surface area contributed by atoms with Crippen LogP contribution >= 0.6 is 0 Å². The summed E-state index contributed by atoms with van der Waals surface area (Å²) in [6.45, 7) is 9.78. The molecule has 2 saturated heterocycles. The maximum Gasteiger partial charge on any atom is 0.270 e. The summed E-state index contributed by atoms with van der Waals surface area (Å²) in [5, 5.41) is 1.17. The summed E-state index contributed by atoms with van der Waals surface area (Å²) in [4.78, 5) is 21.1. The second-order valence-corrected chi connectivity index (χ2v) is 8.68. The van der Waals surface area contributed by atoms with E-state index in [-0.39, 0.29) is 5.91 Å². The van der Waals surface area contributed by atoms with E-state index in [1.165, 1.54) is 61.8 Å². The third-order valence-electron chi connectivity index (χ3n) is 6.44. The van der Waals surface area contributed by atoms with Crippen molar-refractivity contribution < 1.29 is 4.79 Å². The van der Waals surface area contributed by atoms with E-state index in [9.17, 15) is 4.79 Å². The third-order valence-corrected chi connectivity index (χ3v) is 6.44. The van der Waals surface area contributed by atoms with E-state index in [1.54, 1.807) is 0 Å². The van der Waals surface area contributed by atoms with Crippen molar-refractivity contribution in [3.63, 3.8) is 0 Å². The zero-order valence-corrected chi connectivity index (χ0v) is 16.9. The summed E-state index contributed by atoms with van der Waals surface area (Å²) in [5.41, 5.74) is 4.28. The first-order valence-corrected chi connectivity index (χ1v) is 10.7. The summed E-state index contributed by atoms with van der Waals surface area (Å²) >= 11 is 0. The predicted octanol–water partition coefficient (Wildman–Crippen LogP) is 4.51. The fourth-order valence-electron chi connectivity index (χ4n) is 4.89. The van der Waals surface area contributed by atoms with Crippen LogP contribution < -0.4 is 0 Å². The van der Waals surface area contributed by atoms with Crippen LogP contribution in [0.25, 0.3) is 10.9 Å². The lowest BCUT2D eigenvalue weighted by molar-refractivity contribution is 0.0663. The van der Waals surface area contributed by atoms with Crippen molar-refractivity contribution in [3.05, 3.63) is 35.0 Å². The van der Waals surface area contributed by atoms with Crippen LogP contribution in [-0.2, 0) is 0 Å². The normalized spacial score (nSPS) is 20.1. The van der Waals surface area contributed by atoms with Crippen molar-refractivity contribution in [2.45, 2.75) is 52.4 Å². The molecule has 27 heavy (non-hydrogen) atoms. The number of hydrogen-bond acceptors (Lipinski definition) is 2. The van der Waals surface area contributed by atoms with Crippen LogP contribution in [0.2, 0.25) is 0 Å². The summed E-state index contributed by atoms with van der Waals surface area (Å²) < 4.78 is 0. The maximum absolute atomic E-state index is 13.0. The van der Waals surface area contributed by atoms with Gasteiger partial charge in [-0.1, -0.05) is 18.9 Å². The molecule has 146 valence electrons. The van der Waals surface area contributed by atoms with Gasteiger partial charge in [-0.3, -0.25) is 4.79 Å². The molecule has 0 bridgehead atoms. The van der Waals surface area contributed by atoms with Crippen LogP contribution in [0.15, 0.2) is 18.2 Å². The van der Waals surface area contributed by atoms with E-state index in [0.717, 1.165) is 43.1 Å². The Balaban J connectivity index is 1.36. The monoisotopic (exact) mass is 367 g/mol. The van der Waals surface area contributed by atoms with Gasteiger partial charge in [-0.05, 0) is 81.8 Å². The van der Waals surface area contributed by atoms with Crippen LogP contribution in [0.1, 0.15) is 60.1 Å². The second-order valence-electron chi connectivity index (χ2n) is 8.68. The van der Waals surface area contributed by atoms with Gasteiger partial charge in [0.2, 0.25) is 0 Å². The van der Waals surface area contributed by atoms with Gasteiger partial charge in [-0.25, -0.2) is 0 Å². The number of likely N-dealkylation sites (tertiary alicyclic amines) is 2. The number of aromatic nitrogens is 1. The van der Waals surface area contributed by atoms with Gasteiger partial charge < -0.3 is 14.8 Å². The van der Waals surface area contributed by atoms with Gasteiger partial charge in [0.25, 0.3) is 5.91 Å². The number of nitrogens with zero attached hydrogens (tertiary/aromatic N) is 2. The average molecular weight is 368 g/mol. The van der Waals surface area contributed by atoms with E-state index < -0.39 is 0 Å². The Bertz CT molecular complexity index is 793. The van der Waals surface area contributed by atoms with Crippen molar-refractivity contribution >= 4 is 16.8 Å². The molecular formula is C23H33N3O. The van der Waals surface area contributed by atoms with Crippen LogP contribution in [-0.4, -0.2) is 53.4 Å². The minimum Gasteiger partial charge on any atom is -0.351 e. The summed E-state index contributed by atoms with van der Waals surface area (Å²) in [6.07, 6.45) is 7.79. The molecule has 0 spiro atoms. The van der Waals surface area contributed by atoms with Crippen LogP contribution in [0.3, 0.4) is 0 Å². The van der Waals surface area contributed by atoms with Gasteiger partial charge in [-0.2, -0.15) is 0 Å². The first-order chi connectivity index (χ1) is 13.1. The third kappa shape index (κ3) is 4.21. The molecule has 0 atom stereocenters. The number of fused-ring (bicyclic) bond motifs is 1. The summed E-state index contributed by atoms with van der Waals surface area (Å²) in [6, 6.07) is 6.35. The molecule has 1 N–H and O–H groups in total. The Kier molecular flexibility index (Phi) is 5.53. The first kappa shape index (κ1) is 18.5. The molecule has 2 aliphatic rings. The number of H-pyrrole nitrogens is 1. The van der Waals surface area contributed by atoms with Crippen LogP contribution in [0.4, 0.5) is 0 Å². The SMILES string of the molecule is Cc1cc(C)c2cc(C(=O)N3CCC(CN4CCCCCC4)CC3)[nH]c2c1. The summed E-state index contributed by atoms with van der Waals surface area (Å²) in [5.74, 6) is 0.913. The topological polar surface area (TPSA) is 39.3 Å². The lowest BCUT2D eigenvalue weighted by Gasteiger charge is -2.34. The number of carbonyl (C=O) groups excluding carboxylic acids is 1. The van der Waals surface area contributed by atoms with Crippen molar-refractivity contribution in [1.29, 1.82) is 0 Å². The minimum atomic E-state index is 0.163. The van der Waals surface area contributed by atoms with Gasteiger partial charge in [0.15, 0.2) is 0 Å². The Hall–Kier alpha value is -1.81. The molecule has 1 aromatic heterocycles. The molecule has 2 fully saturated rings. The van der Waals surface area contributed by atoms with E-state index in [0.29, 0.717) is 0 Å². The zero-order chi connectivity index (χ0) is 18.8. The van der Waals surface area contributed by atoms with E-state index in [1.807, 2.05) is 11.0 Å². The Morgan fingerprint density at radius 1 is 1.00 bits per heavy atom. The van der Waals surface area contributed by atoms with Gasteiger partial charge in [0.05, 0.1) is 0 Å². The minimum absolute atomic E-state index is 0.163. The van der Waals surface area contributed by atoms with E-state index in [4.69, 9.17) is 0 Å². The number of aryl methyl sites for hydroxylation is 2. The molecule has 4 heteroatoms. The first-order valence-electron chi connectivity index (χ1n) is 10.7. The number of amides is 1. The number of carbonyl (C=O) groups is 1. The molecule has 2 aliphatic heterocycles. The van der Waals surface area contributed by atoms with Gasteiger partial charge >= 0.3 is 0 Å². The average Bonchev–Trinajstić information content (AvgIpc) is 2.92. The van der Waals surface area contributed by atoms with E-state index >= 15 is 0 Å². The predicted molar refractivity (Wildman–Crippen MR) is 111 cm³/mol. The zero-order valence-electron chi connectivity index (χ0n) is 16.9. The molecule has 4 rings (SSSR count). The smallest absolute Gasteiger partial charge is 0.270 e. The highest BCUT2D eigenvalue weighted by Gasteiger charge is 2.26. The largest absolute Gasteiger partial charge is 0.351 e. The molecule has 2 aromatic rings. The molecular weight excluding hydrogens is 334 g/mol. The van der Waals surface area contributed by atoms with Gasteiger partial charge in [0.1, 0.15) is 5.69 Å². The molecule has 0 unspecified atom stereocenters. The molecule has 0 saturated carbocycles. The second kappa shape index (κ2) is 8.05. The highest BCUT2D eigenvalue weighted by Crippen LogP contribution is 2.25. The maximum atomic E-state index is 13.0. The number of rotatable bonds is 3. The molecule has 0 radical (unpaired) electrons. The Morgan fingerprint density at radius 2 is 1.70 bits per heavy atom. The molecule has 1 amide bonds. The lowest BCUT2D eigenvalue weighted by atomic mass is 9.96. The Morgan fingerprint density at radius 3 is 2.41 bits per heavy atom. The number of hydrogen-bond donors (Lipinski definition) is 1. The van der Waals surface area contributed by atoms with Crippen molar-refractivity contribution in [2.75, 3.05) is 32.7 Å². The van der Waals surface area contributed by atoms with Crippen molar-refractivity contribution in [1.82, 2.24) is 14.8 Å². The van der Waals surface area contributed by atoms with E-state index in [2.05, 4.69) is 35.9 Å². The summed E-state index contributed by atoms with van der Waals surface area (Å²) in [7, 11) is 0. The van der Waals surface area contributed by atoms with Crippen molar-refractivity contribution in [3.8, 4) is 0 Å². The fourth-order valence-corrected chi connectivity index (χ4v) is 4.89. The Labute approximate surface area is 162 Å². The van der Waals surface area contributed by atoms with Crippen LogP contribution in [0, 0.1) is 19.8 Å². The van der Waals surface area contributed by atoms with Crippen LogP contribution in [0.5, 0.6) is 0 Å². The number of aromatic amines is 1. The number of piperidine rings is 1. The quantitative estimate of drug-likeness (QED) is 0.867. The number of nitrogens with one attached hydrogen (secondary N) is 1. The fraction of sp³-hybridized carbons (Fsp3) is 0.609. The van der Waals surface area contributed by atoms with Gasteiger partial charge in [0, 0.05) is 30.5 Å². The lowest BCUT2D eigenvalue weighted by Crippen LogP contribution is -2.42. The number of benzene rings is 1. The highest BCUT2D eigenvalue weighted by molar-refractivity contribution is 5.99. The molecule has 3 heterocycles. The molecule has 4 nitrogen and oxygen atoms in total. The molecule has 0 aliphatic carbocycles. The van der Waals surface area contributed by atoms with Crippen molar-refractivity contribution in [2.24, 2.45) is 5.92 Å².